The molecule has 1 aliphatic heterocycles. The van der Waals surface area contributed by atoms with Crippen LogP contribution in [0.1, 0.15) is 6.92 Å². The number of carbonyl (C=O) groups excluding carboxylic acids is 1. The summed E-state index contributed by atoms with van der Waals surface area (Å²) >= 11 is 5.72. The lowest BCUT2D eigenvalue weighted by atomic mass is 10.2. The van der Waals surface area contributed by atoms with E-state index in [0.29, 0.717) is 22.3 Å². The predicted molar refractivity (Wildman–Crippen MR) is 138 cm³/mol. The second-order valence-corrected chi connectivity index (χ2v) is 8.19. The molecule has 5 nitrogen and oxygen atoms in total. The molecule has 34 heavy (non-hydrogen) atoms. The van der Waals surface area contributed by atoms with Gasteiger partial charge in [-0.3, -0.25) is 9.69 Å². The van der Waals surface area contributed by atoms with Gasteiger partial charge in [0.25, 0.3) is 5.91 Å². The molecular weight excluding hydrogens is 444 g/mol. The number of carbonyl (C=O) groups is 1. The van der Waals surface area contributed by atoms with Crippen LogP contribution in [0.15, 0.2) is 109 Å². The number of hydrogen-bond donors (Lipinski definition) is 0. The molecular formula is C28H22N2O3S. The van der Waals surface area contributed by atoms with Gasteiger partial charge in [0.05, 0.1) is 5.69 Å². The Labute approximate surface area is 203 Å². The summed E-state index contributed by atoms with van der Waals surface area (Å²) in [6.07, 6.45) is 0. The number of hydrogen-bond acceptors (Lipinski definition) is 4. The fourth-order valence-electron chi connectivity index (χ4n) is 3.82. The van der Waals surface area contributed by atoms with Gasteiger partial charge in [0.2, 0.25) is 0 Å². The highest BCUT2D eigenvalue weighted by molar-refractivity contribution is 7.81. The molecule has 0 radical (unpaired) electrons. The van der Waals surface area contributed by atoms with Crippen molar-refractivity contribution in [3.63, 3.8) is 0 Å². The summed E-state index contributed by atoms with van der Waals surface area (Å²) in [6.45, 7) is 1.86. The van der Waals surface area contributed by atoms with Crippen molar-refractivity contribution in [3.8, 4) is 23.0 Å². The molecule has 4 aromatic carbocycles. The van der Waals surface area contributed by atoms with Gasteiger partial charge in [0.1, 0.15) is 29.0 Å². The molecule has 1 saturated heterocycles. The van der Waals surface area contributed by atoms with Crippen LogP contribution in [-0.2, 0) is 4.79 Å². The van der Waals surface area contributed by atoms with Gasteiger partial charge in [-0.25, -0.2) is 0 Å². The second kappa shape index (κ2) is 9.37. The fraction of sp³-hybridized carbons (Fsp3) is 0.0714. The maximum atomic E-state index is 13.1. The van der Waals surface area contributed by atoms with Crippen LogP contribution in [0.5, 0.6) is 23.0 Å². The van der Waals surface area contributed by atoms with Crippen LogP contribution >= 0.6 is 12.2 Å². The highest BCUT2D eigenvalue weighted by Gasteiger charge is 2.41. The second-order valence-electron chi connectivity index (χ2n) is 7.82. The molecule has 0 aliphatic carbocycles. The topological polar surface area (TPSA) is 42.0 Å². The molecule has 0 spiro atoms. The lowest BCUT2D eigenvalue weighted by molar-refractivity contribution is -0.117. The molecule has 168 valence electrons. The zero-order valence-electron chi connectivity index (χ0n) is 18.5. The van der Waals surface area contributed by atoms with Crippen LogP contribution in [-0.4, -0.2) is 17.1 Å². The largest absolute Gasteiger partial charge is 0.457 e. The number of rotatable bonds is 6. The number of amides is 1. The summed E-state index contributed by atoms with van der Waals surface area (Å²) in [5.41, 5.74) is 1.53. The van der Waals surface area contributed by atoms with E-state index in [1.807, 2.05) is 121 Å². The molecule has 1 unspecified atom stereocenters. The normalized spacial score (nSPS) is 15.5. The first-order valence-corrected chi connectivity index (χ1v) is 11.3. The van der Waals surface area contributed by atoms with Crippen LogP contribution in [0.2, 0.25) is 0 Å². The Balaban J connectivity index is 1.32. The van der Waals surface area contributed by atoms with E-state index in [0.717, 1.165) is 17.2 Å². The molecule has 5 rings (SSSR count). The van der Waals surface area contributed by atoms with E-state index in [1.165, 1.54) is 0 Å². The van der Waals surface area contributed by atoms with E-state index in [1.54, 1.807) is 4.90 Å². The van der Waals surface area contributed by atoms with Gasteiger partial charge in [-0.2, -0.15) is 0 Å². The Hall–Kier alpha value is -4.16. The van der Waals surface area contributed by atoms with Crippen molar-refractivity contribution in [2.45, 2.75) is 13.0 Å². The molecule has 1 atom stereocenters. The molecule has 1 aliphatic rings. The van der Waals surface area contributed by atoms with Gasteiger partial charge in [0.15, 0.2) is 5.11 Å². The maximum Gasteiger partial charge on any atom is 0.256 e. The number of ether oxygens (including phenoxy) is 2. The van der Waals surface area contributed by atoms with Gasteiger partial charge in [-0.1, -0.05) is 36.4 Å². The summed E-state index contributed by atoms with van der Waals surface area (Å²) < 4.78 is 11.7. The minimum Gasteiger partial charge on any atom is -0.457 e. The average Bonchev–Trinajstić information content (AvgIpc) is 3.09. The zero-order chi connectivity index (χ0) is 23.5. The first kappa shape index (κ1) is 21.7. The van der Waals surface area contributed by atoms with Crippen LogP contribution in [0.4, 0.5) is 11.4 Å². The maximum absolute atomic E-state index is 13.1. The molecule has 0 aromatic heterocycles. The summed E-state index contributed by atoms with van der Waals surface area (Å²) in [5.74, 6) is 2.84. The minimum absolute atomic E-state index is 0.0775. The molecule has 0 saturated carbocycles. The first-order valence-electron chi connectivity index (χ1n) is 10.9. The van der Waals surface area contributed by atoms with Crippen LogP contribution < -0.4 is 19.3 Å². The molecule has 1 heterocycles. The molecule has 0 N–H and O–H groups in total. The molecule has 1 amide bonds. The first-order chi connectivity index (χ1) is 16.6. The Bertz CT molecular complexity index is 1290. The highest BCUT2D eigenvalue weighted by atomic mass is 32.1. The van der Waals surface area contributed by atoms with Gasteiger partial charge >= 0.3 is 0 Å². The van der Waals surface area contributed by atoms with Crippen molar-refractivity contribution in [2.75, 3.05) is 9.80 Å². The van der Waals surface area contributed by atoms with E-state index in [4.69, 9.17) is 21.7 Å². The Morgan fingerprint density at radius 1 is 0.618 bits per heavy atom. The van der Waals surface area contributed by atoms with E-state index in [9.17, 15) is 4.79 Å². The monoisotopic (exact) mass is 466 g/mol. The lowest BCUT2D eigenvalue weighted by Gasteiger charge is -2.22. The van der Waals surface area contributed by atoms with E-state index < -0.39 is 6.04 Å². The van der Waals surface area contributed by atoms with Crippen molar-refractivity contribution in [2.24, 2.45) is 0 Å². The SMILES string of the molecule is CC1C(=O)N(c2ccc(Oc3ccccc3)cc2)C(=S)N1c1ccc(Oc2ccccc2)cc1. The van der Waals surface area contributed by atoms with Gasteiger partial charge in [0, 0.05) is 5.69 Å². The van der Waals surface area contributed by atoms with Crippen molar-refractivity contribution in [3.05, 3.63) is 109 Å². The summed E-state index contributed by atoms with van der Waals surface area (Å²) in [5, 5.41) is 0.436. The number of anilines is 2. The summed E-state index contributed by atoms with van der Waals surface area (Å²) in [6, 6.07) is 33.7. The molecule has 4 aromatic rings. The Morgan fingerprint density at radius 3 is 1.50 bits per heavy atom. The Kier molecular flexibility index (Phi) is 5.97. The average molecular weight is 467 g/mol. The number of nitrogens with zero attached hydrogens (tertiary/aromatic N) is 2. The van der Waals surface area contributed by atoms with Crippen molar-refractivity contribution in [1.82, 2.24) is 0 Å². The molecule has 0 bridgehead atoms. The van der Waals surface area contributed by atoms with Crippen LogP contribution in [0.3, 0.4) is 0 Å². The van der Waals surface area contributed by atoms with Crippen molar-refractivity contribution < 1.29 is 14.3 Å². The Morgan fingerprint density at radius 2 is 1.03 bits per heavy atom. The standard InChI is InChI=1S/C28H22N2O3S/c1-20-27(31)30(22-14-18-26(19-15-22)33-24-10-6-3-7-11-24)28(34)29(20)21-12-16-25(17-13-21)32-23-8-4-2-5-9-23/h2-20H,1H3. The van der Waals surface area contributed by atoms with E-state index >= 15 is 0 Å². The predicted octanol–water partition coefficient (Wildman–Crippen LogP) is 6.80. The summed E-state index contributed by atoms with van der Waals surface area (Å²) in [7, 11) is 0. The molecule has 6 heteroatoms. The zero-order valence-corrected chi connectivity index (χ0v) is 19.3. The highest BCUT2D eigenvalue weighted by Crippen LogP contribution is 2.33. The number of benzene rings is 4. The smallest absolute Gasteiger partial charge is 0.256 e. The van der Waals surface area contributed by atoms with Gasteiger partial charge in [-0.05, 0) is 91.9 Å². The van der Waals surface area contributed by atoms with Crippen LogP contribution in [0, 0.1) is 0 Å². The van der Waals surface area contributed by atoms with Crippen LogP contribution in [0.25, 0.3) is 0 Å². The molecule has 1 fully saturated rings. The van der Waals surface area contributed by atoms with Crippen molar-refractivity contribution >= 4 is 34.6 Å². The summed E-state index contributed by atoms with van der Waals surface area (Å²) in [4.78, 5) is 16.6. The van der Waals surface area contributed by atoms with Gasteiger partial charge < -0.3 is 14.4 Å². The van der Waals surface area contributed by atoms with E-state index in [-0.39, 0.29) is 5.91 Å². The number of thiocarbonyl (C=S) groups is 1. The third kappa shape index (κ3) is 4.36. The quantitative estimate of drug-likeness (QED) is 0.292. The lowest BCUT2D eigenvalue weighted by Crippen LogP contribution is -2.33. The number of para-hydroxylation sites is 2. The van der Waals surface area contributed by atoms with Crippen molar-refractivity contribution in [1.29, 1.82) is 0 Å². The third-order valence-corrected chi connectivity index (χ3v) is 5.91. The van der Waals surface area contributed by atoms with Gasteiger partial charge in [-0.15, -0.1) is 0 Å². The minimum atomic E-state index is -0.423. The third-order valence-electron chi connectivity index (χ3n) is 5.53. The fourth-order valence-corrected chi connectivity index (χ4v) is 4.28. The van der Waals surface area contributed by atoms with E-state index in [2.05, 4.69) is 0 Å².